The molecule has 1 aromatic carbocycles. The SMILES string of the molecule is Cc1ccc(-c2ccnc3c(C(=O)Nc4cnn(C)c4C(=O)NCc4ccco4)cnn23)cc1. The smallest absolute Gasteiger partial charge is 0.272 e. The van der Waals surface area contributed by atoms with Gasteiger partial charge in [0.15, 0.2) is 5.65 Å². The van der Waals surface area contributed by atoms with Crippen molar-refractivity contribution in [3.63, 3.8) is 0 Å². The predicted molar refractivity (Wildman–Crippen MR) is 124 cm³/mol. The van der Waals surface area contributed by atoms with Crippen LogP contribution < -0.4 is 10.6 Å². The number of benzene rings is 1. The molecular formula is C24H21N7O3. The maximum Gasteiger partial charge on any atom is 0.272 e. The summed E-state index contributed by atoms with van der Waals surface area (Å²) >= 11 is 0. The van der Waals surface area contributed by atoms with Crippen LogP contribution in [0.5, 0.6) is 0 Å². The number of fused-ring (bicyclic) bond motifs is 1. The molecule has 4 heterocycles. The third-order valence-corrected chi connectivity index (χ3v) is 5.40. The Kier molecular flexibility index (Phi) is 5.38. The number of nitrogens with one attached hydrogen (secondary N) is 2. The molecule has 2 amide bonds. The van der Waals surface area contributed by atoms with Crippen LogP contribution in [0.3, 0.4) is 0 Å². The average molecular weight is 455 g/mol. The Morgan fingerprint density at radius 2 is 1.85 bits per heavy atom. The number of anilines is 1. The van der Waals surface area contributed by atoms with Crippen LogP contribution in [0.1, 0.15) is 32.2 Å². The molecule has 10 heteroatoms. The first-order valence-electron chi connectivity index (χ1n) is 10.5. The molecule has 5 aromatic rings. The number of carbonyl (C=O) groups is 2. The van der Waals surface area contributed by atoms with Gasteiger partial charge in [-0.2, -0.15) is 10.2 Å². The number of amides is 2. The molecular weight excluding hydrogens is 434 g/mol. The quantitative estimate of drug-likeness (QED) is 0.406. The summed E-state index contributed by atoms with van der Waals surface area (Å²) in [5.41, 5.74) is 4.08. The molecule has 0 bridgehead atoms. The van der Waals surface area contributed by atoms with E-state index in [2.05, 4.69) is 25.8 Å². The highest BCUT2D eigenvalue weighted by Gasteiger charge is 2.22. The Morgan fingerprint density at radius 1 is 1.03 bits per heavy atom. The van der Waals surface area contributed by atoms with Gasteiger partial charge in [0.05, 0.1) is 36.6 Å². The van der Waals surface area contributed by atoms with E-state index in [1.54, 1.807) is 29.9 Å². The van der Waals surface area contributed by atoms with Crippen LogP contribution in [-0.2, 0) is 13.6 Å². The number of hydrogen-bond acceptors (Lipinski definition) is 6. The van der Waals surface area contributed by atoms with Crippen molar-refractivity contribution in [1.29, 1.82) is 0 Å². The van der Waals surface area contributed by atoms with Crippen molar-refractivity contribution >= 4 is 23.1 Å². The van der Waals surface area contributed by atoms with Gasteiger partial charge in [0.2, 0.25) is 0 Å². The van der Waals surface area contributed by atoms with Crippen molar-refractivity contribution in [3.05, 3.63) is 89.9 Å². The summed E-state index contributed by atoms with van der Waals surface area (Å²) in [7, 11) is 1.63. The molecule has 4 aromatic heterocycles. The Hall–Kier alpha value is -4.73. The van der Waals surface area contributed by atoms with E-state index in [-0.39, 0.29) is 23.5 Å². The largest absolute Gasteiger partial charge is 0.467 e. The molecule has 0 saturated heterocycles. The third-order valence-electron chi connectivity index (χ3n) is 5.40. The van der Waals surface area contributed by atoms with Gasteiger partial charge in [-0.1, -0.05) is 29.8 Å². The summed E-state index contributed by atoms with van der Waals surface area (Å²) < 4.78 is 8.26. The monoisotopic (exact) mass is 455 g/mol. The normalized spacial score (nSPS) is 11.0. The van der Waals surface area contributed by atoms with Crippen molar-refractivity contribution in [2.75, 3.05) is 5.32 Å². The highest BCUT2D eigenvalue weighted by Crippen LogP contribution is 2.22. The predicted octanol–water partition coefficient (Wildman–Crippen LogP) is 3.21. The third kappa shape index (κ3) is 3.92. The van der Waals surface area contributed by atoms with Gasteiger partial charge in [-0.05, 0) is 25.1 Å². The van der Waals surface area contributed by atoms with Crippen LogP contribution in [0.15, 0.2) is 71.7 Å². The number of carbonyl (C=O) groups excluding carboxylic acids is 2. The number of nitrogens with zero attached hydrogens (tertiary/aromatic N) is 5. The van der Waals surface area contributed by atoms with Crippen LogP contribution in [-0.4, -0.2) is 36.2 Å². The average Bonchev–Trinajstić information content (AvgIpc) is 3.58. The van der Waals surface area contributed by atoms with Crippen molar-refractivity contribution in [2.45, 2.75) is 13.5 Å². The maximum atomic E-state index is 13.1. The maximum absolute atomic E-state index is 13.1. The van der Waals surface area contributed by atoms with Crippen LogP contribution in [0.4, 0.5) is 5.69 Å². The van der Waals surface area contributed by atoms with Crippen molar-refractivity contribution < 1.29 is 14.0 Å². The lowest BCUT2D eigenvalue weighted by Crippen LogP contribution is -2.26. The molecule has 0 saturated carbocycles. The fraction of sp³-hybridized carbons (Fsp3) is 0.125. The van der Waals surface area contributed by atoms with E-state index in [0.717, 1.165) is 16.8 Å². The first kappa shape index (κ1) is 21.1. The summed E-state index contributed by atoms with van der Waals surface area (Å²) in [6.45, 7) is 2.23. The van der Waals surface area contributed by atoms with Gasteiger partial charge in [-0.25, -0.2) is 9.50 Å². The molecule has 0 radical (unpaired) electrons. The second-order valence-corrected chi connectivity index (χ2v) is 7.74. The van der Waals surface area contributed by atoms with Crippen molar-refractivity contribution in [2.24, 2.45) is 7.05 Å². The van der Waals surface area contributed by atoms with E-state index in [0.29, 0.717) is 11.4 Å². The number of aromatic nitrogens is 5. The van der Waals surface area contributed by atoms with Gasteiger partial charge in [0, 0.05) is 18.8 Å². The summed E-state index contributed by atoms with van der Waals surface area (Å²) in [4.78, 5) is 30.2. The zero-order valence-corrected chi connectivity index (χ0v) is 18.5. The van der Waals surface area contributed by atoms with Gasteiger partial charge in [-0.3, -0.25) is 14.3 Å². The van der Waals surface area contributed by atoms with Gasteiger partial charge < -0.3 is 15.1 Å². The molecule has 5 rings (SSSR count). The van der Waals surface area contributed by atoms with E-state index in [1.165, 1.54) is 23.3 Å². The molecule has 0 aliphatic heterocycles. The molecule has 0 fully saturated rings. The topological polar surface area (TPSA) is 119 Å². The first-order valence-corrected chi connectivity index (χ1v) is 10.5. The minimum Gasteiger partial charge on any atom is -0.467 e. The minimum absolute atomic E-state index is 0.212. The summed E-state index contributed by atoms with van der Waals surface area (Å²) in [5, 5.41) is 14.0. The number of hydrogen-bond donors (Lipinski definition) is 2. The van der Waals surface area contributed by atoms with Crippen LogP contribution >= 0.6 is 0 Å². The molecule has 2 N–H and O–H groups in total. The highest BCUT2D eigenvalue weighted by molar-refractivity contribution is 6.11. The molecule has 0 aliphatic carbocycles. The molecule has 0 unspecified atom stereocenters. The fourth-order valence-electron chi connectivity index (χ4n) is 3.65. The second-order valence-electron chi connectivity index (χ2n) is 7.74. The zero-order chi connectivity index (χ0) is 23.7. The Bertz CT molecular complexity index is 1480. The molecule has 0 atom stereocenters. The number of aryl methyl sites for hydroxylation is 2. The second kappa shape index (κ2) is 8.66. The Morgan fingerprint density at radius 3 is 2.62 bits per heavy atom. The Balaban J connectivity index is 1.40. The fourth-order valence-corrected chi connectivity index (χ4v) is 3.65. The van der Waals surface area contributed by atoms with E-state index in [4.69, 9.17) is 4.42 Å². The van der Waals surface area contributed by atoms with Crippen LogP contribution in [0, 0.1) is 6.92 Å². The van der Waals surface area contributed by atoms with Crippen LogP contribution in [0.2, 0.25) is 0 Å². The van der Waals surface area contributed by atoms with Crippen molar-refractivity contribution in [1.82, 2.24) is 29.7 Å². The molecule has 170 valence electrons. The van der Waals surface area contributed by atoms with E-state index < -0.39 is 11.8 Å². The van der Waals surface area contributed by atoms with Crippen molar-refractivity contribution in [3.8, 4) is 11.3 Å². The van der Waals surface area contributed by atoms with Crippen LogP contribution in [0.25, 0.3) is 16.9 Å². The summed E-state index contributed by atoms with van der Waals surface area (Å²) in [6, 6.07) is 13.4. The number of rotatable bonds is 6. The standard InChI is InChI=1S/C24H21N7O3/c1-15-5-7-16(8-6-15)20-9-10-25-22-18(13-28-31(20)22)23(32)29-19-14-27-30(2)21(19)24(33)26-12-17-4-3-11-34-17/h3-11,13-14H,12H2,1-2H3,(H,26,33)(H,29,32). The lowest BCUT2D eigenvalue weighted by atomic mass is 10.1. The summed E-state index contributed by atoms with van der Waals surface area (Å²) in [5.74, 6) is -0.231. The van der Waals surface area contributed by atoms with E-state index >= 15 is 0 Å². The number of furan rings is 1. The molecule has 34 heavy (non-hydrogen) atoms. The molecule has 0 spiro atoms. The van der Waals surface area contributed by atoms with E-state index in [1.807, 2.05) is 37.3 Å². The van der Waals surface area contributed by atoms with Gasteiger partial charge in [0.1, 0.15) is 17.0 Å². The lowest BCUT2D eigenvalue weighted by Gasteiger charge is -2.08. The molecule has 10 nitrogen and oxygen atoms in total. The summed E-state index contributed by atoms with van der Waals surface area (Å²) in [6.07, 6.45) is 6.06. The zero-order valence-electron chi connectivity index (χ0n) is 18.5. The highest BCUT2D eigenvalue weighted by atomic mass is 16.3. The Labute approximate surface area is 194 Å². The minimum atomic E-state index is -0.448. The molecule has 0 aliphatic rings. The van der Waals surface area contributed by atoms with Gasteiger partial charge in [-0.15, -0.1) is 0 Å². The van der Waals surface area contributed by atoms with Gasteiger partial charge >= 0.3 is 0 Å². The first-order chi connectivity index (χ1) is 16.5. The van der Waals surface area contributed by atoms with Gasteiger partial charge in [0.25, 0.3) is 11.8 Å². The lowest BCUT2D eigenvalue weighted by molar-refractivity contribution is 0.0939. The van der Waals surface area contributed by atoms with E-state index in [9.17, 15) is 9.59 Å².